The van der Waals surface area contributed by atoms with Gasteiger partial charge in [-0.05, 0) is 24.0 Å². The Balaban J connectivity index is 2.18. The lowest BCUT2D eigenvalue weighted by Crippen LogP contribution is -2.30. The average Bonchev–Trinajstić information content (AvgIpc) is 2.44. The lowest BCUT2D eigenvalue weighted by Gasteiger charge is -2.13. The van der Waals surface area contributed by atoms with Gasteiger partial charge in [-0.2, -0.15) is 0 Å². The van der Waals surface area contributed by atoms with E-state index < -0.39 is 6.10 Å². The Hall–Kier alpha value is -0.900. The highest BCUT2D eigenvalue weighted by Crippen LogP contribution is 2.08. The molecule has 0 spiro atoms. The molecule has 0 aromatic heterocycles. The lowest BCUT2D eigenvalue weighted by molar-refractivity contribution is 0.0358. The summed E-state index contributed by atoms with van der Waals surface area (Å²) >= 11 is 0. The van der Waals surface area contributed by atoms with Gasteiger partial charge in [-0.15, -0.1) is 0 Å². The van der Waals surface area contributed by atoms with Crippen molar-refractivity contribution in [2.24, 2.45) is 0 Å². The number of benzene rings is 1. The first-order chi connectivity index (χ1) is 9.27. The topological polar surface area (TPSA) is 41.5 Å². The van der Waals surface area contributed by atoms with E-state index in [1.165, 1.54) is 11.1 Å². The molecule has 108 valence electrons. The van der Waals surface area contributed by atoms with E-state index in [0.29, 0.717) is 13.2 Å². The maximum absolute atomic E-state index is 9.77. The SMILES string of the molecule is CCCCOCC(O)CNCc1ccccc1CC. The summed E-state index contributed by atoms with van der Waals surface area (Å²) in [5.41, 5.74) is 2.67. The molecule has 0 saturated carbocycles. The van der Waals surface area contributed by atoms with Gasteiger partial charge in [0.1, 0.15) is 0 Å². The highest BCUT2D eigenvalue weighted by molar-refractivity contribution is 5.26. The summed E-state index contributed by atoms with van der Waals surface area (Å²) in [4.78, 5) is 0. The maximum Gasteiger partial charge on any atom is 0.0897 e. The molecule has 3 heteroatoms. The molecule has 2 N–H and O–H groups in total. The van der Waals surface area contributed by atoms with Crippen molar-refractivity contribution in [1.82, 2.24) is 5.32 Å². The van der Waals surface area contributed by atoms with E-state index in [4.69, 9.17) is 4.74 Å². The summed E-state index contributed by atoms with van der Waals surface area (Å²) in [6.07, 6.45) is 2.80. The molecular formula is C16H27NO2. The van der Waals surface area contributed by atoms with Crippen LogP contribution in [-0.4, -0.2) is 31.0 Å². The number of ether oxygens (including phenoxy) is 1. The number of hydrogen-bond donors (Lipinski definition) is 2. The zero-order chi connectivity index (χ0) is 13.9. The van der Waals surface area contributed by atoms with Crippen LogP contribution in [0.4, 0.5) is 0 Å². The predicted molar refractivity (Wildman–Crippen MR) is 79.3 cm³/mol. The van der Waals surface area contributed by atoms with Gasteiger partial charge in [0.25, 0.3) is 0 Å². The number of nitrogens with one attached hydrogen (secondary N) is 1. The second-order valence-electron chi connectivity index (χ2n) is 4.84. The summed E-state index contributed by atoms with van der Waals surface area (Å²) in [7, 11) is 0. The van der Waals surface area contributed by atoms with Crippen LogP contribution in [0.1, 0.15) is 37.8 Å². The van der Waals surface area contributed by atoms with Gasteiger partial charge < -0.3 is 15.2 Å². The van der Waals surface area contributed by atoms with E-state index in [2.05, 4.69) is 43.4 Å². The van der Waals surface area contributed by atoms with Gasteiger partial charge in [0.05, 0.1) is 12.7 Å². The van der Waals surface area contributed by atoms with Crippen molar-refractivity contribution < 1.29 is 9.84 Å². The molecule has 1 unspecified atom stereocenters. The van der Waals surface area contributed by atoms with E-state index in [9.17, 15) is 5.11 Å². The third-order valence-corrected chi connectivity index (χ3v) is 3.15. The smallest absolute Gasteiger partial charge is 0.0897 e. The molecule has 0 aliphatic rings. The van der Waals surface area contributed by atoms with E-state index >= 15 is 0 Å². The molecule has 0 aliphatic carbocycles. The predicted octanol–water partition coefficient (Wildman–Crippen LogP) is 2.52. The van der Waals surface area contributed by atoms with Gasteiger partial charge in [0.2, 0.25) is 0 Å². The highest BCUT2D eigenvalue weighted by atomic mass is 16.5. The molecule has 0 aliphatic heterocycles. The molecule has 1 atom stereocenters. The third kappa shape index (κ3) is 6.71. The van der Waals surface area contributed by atoms with Crippen LogP contribution < -0.4 is 5.32 Å². The Morgan fingerprint density at radius 3 is 2.63 bits per heavy atom. The van der Waals surface area contributed by atoms with Crippen LogP contribution in [-0.2, 0) is 17.7 Å². The third-order valence-electron chi connectivity index (χ3n) is 3.15. The monoisotopic (exact) mass is 265 g/mol. The van der Waals surface area contributed by atoms with Gasteiger partial charge in [0, 0.05) is 19.7 Å². The fourth-order valence-corrected chi connectivity index (χ4v) is 1.97. The Labute approximate surface area is 117 Å². The number of aryl methyl sites for hydroxylation is 1. The van der Waals surface area contributed by atoms with Crippen LogP contribution in [0.5, 0.6) is 0 Å². The molecule has 0 saturated heterocycles. The number of hydrogen-bond acceptors (Lipinski definition) is 3. The molecule has 1 aromatic rings. The minimum Gasteiger partial charge on any atom is -0.389 e. The molecule has 0 bridgehead atoms. The molecule has 0 amide bonds. The lowest BCUT2D eigenvalue weighted by atomic mass is 10.1. The Bertz CT molecular complexity index is 341. The van der Waals surface area contributed by atoms with Crippen LogP contribution in [0, 0.1) is 0 Å². The van der Waals surface area contributed by atoms with Gasteiger partial charge in [-0.25, -0.2) is 0 Å². The van der Waals surface area contributed by atoms with Crippen molar-refractivity contribution >= 4 is 0 Å². The quantitative estimate of drug-likeness (QED) is 0.639. The fourth-order valence-electron chi connectivity index (χ4n) is 1.97. The minimum absolute atomic E-state index is 0.419. The summed E-state index contributed by atoms with van der Waals surface area (Å²) in [6.45, 7) is 6.83. The highest BCUT2D eigenvalue weighted by Gasteiger charge is 2.04. The number of rotatable bonds is 10. The molecule has 19 heavy (non-hydrogen) atoms. The molecular weight excluding hydrogens is 238 g/mol. The van der Waals surface area contributed by atoms with Crippen molar-refractivity contribution in [2.75, 3.05) is 19.8 Å². The second-order valence-corrected chi connectivity index (χ2v) is 4.84. The average molecular weight is 265 g/mol. The molecule has 1 aromatic carbocycles. The first-order valence-corrected chi connectivity index (χ1v) is 7.31. The molecule has 1 rings (SSSR count). The van der Waals surface area contributed by atoms with Crippen molar-refractivity contribution in [3.8, 4) is 0 Å². The van der Waals surface area contributed by atoms with Crippen molar-refractivity contribution in [1.29, 1.82) is 0 Å². The second kappa shape index (κ2) is 9.96. The zero-order valence-corrected chi connectivity index (χ0v) is 12.2. The number of aliphatic hydroxyl groups is 1. The van der Waals surface area contributed by atoms with Gasteiger partial charge >= 0.3 is 0 Å². The van der Waals surface area contributed by atoms with Crippen LogP contribution in [0.3, 0.4) is 0 Å². The van der Waals surface area contributed by atoms with Crippen molar-refractivity contribution in [2.45, 2.75) is 45.8 Å². The Kier molecular flexibility index (Phi) is 8.47. The van der Waals surface area contributed by atoms with E-state index in [1.807, 2.05) is 0 Å². The van der Waals surface area contributed by atoms with Crippen LogP contribution in [0.2, 0.25) is 0 Å². The summed E-state index contributed by atoms with van der Waals surface area (Å²) in [6, 6.07) is 8.41. The van der Waals surface area contributed by atoms with Crippen LogP contribution >= 0.6 is 0 Å². The van der Waals surface area contributed by atoms with Crippen LogP contribution in [0.15, 0.2) is 24.3 Å². The summed E-state index contributed by atoms with van der Waals surface area (Å²) in [5, 5.41) is 13.1. The van der Waals surface area contributed by atoms with Crippen LogP contribution in [0.25, 0.3) is 0 Å². The van der Waals surface area contributed by atoms with Crippen molar-refractivity contribution in [3.05, 3.63) is 35.4 Å². The van der Waals surface area contributed by atoms with Gasteiger partial charge in [-0.3, -0.25) is 0 Å². The molecule has 0 fully saturated rings. The first-order valence-electron chi connectivity index (χ1n) is 7.31. The first kappa shape index (κ1) is 16.2. The zero-order valence-electron chi connectivity index (χ0n) is 12.2. The summed E-state index contributed by atoms with van der Waals surface area (Å²) in [5.74, 6) is 0. The Morgan fingerprint density at radius 1 is 1.21 bits per heavy atom. The van der Waals surface area contributed by atoms with E-state index in [1.54, 1.807) is 0 Å². The van der Waals surface area contributed by atoms with Crippen molar-refractivity contribution in [3.63, 3.8) is 0 Å². The summed E-state index contributed by atoms with van der Waals surface area (Å²) < 4.78 is 5.39. The number of unbranched alkanes of at least 4 members (excludes halogenated alkanes) is 1. The molecule has 0 heterocycles. The Morgan fingerprint density at radius 2 is 1.95 bits per heavy atom. The number of aliphatic hydroxyl groups excluding tert-OH is 1. The van der Waals surface area contributed by atoms with Gasteiger partial charge in [-0.1, -0.05) is 44.5 Å². The standard InChI is InChI=1S/C16H27NO2/c1-3-5-10-19-13-16(18)12-17-11-15-9-7-6-8-14(15)4-2/h6-9,16-18H,3-5,10-13H2,1-2H3. The molecule has 0 radical (unpaired) electrons. The maximum atomic E-state index is 9.77. The van der Waals surface area contributed by atoms with E-state index in [-0.39, 0.29) is 0 Å². The minimum atomic E-state index is -0.425. The molecule has 3 nitrogen and oxygen atoms in total. The largest absolute Gasteiger partial charge is 0.389 e. The fraction of sp³-hybridized carbons (Fsp3) is 0.625. The normalized spacial score (nSPS) is 12.6. The van der Waals surface area contributed by atoms with E-state index in [0.717, 1.165) is 32.4 Å². The van der Waals surface area contributed by atoms with Gasteiger partial charge in [0.15, 0.2) is 0 Å².